The van der Waals surface area contributed by atoms with E-state index in [-0.39, 0.29) is 0 Å². The number of aliphatic hydroxyl groups is 1. The van der Waals surface area contributed by atoms with Crippen molar-refractivity contribution in [2.75, 3.05) is 6.61 Å². The van der Waals surface area contributed by atoms with Crippen molar-refractivity contribution in [1.82, 2.24) is 4.72 Å². The molecule has 0 aliphatic carbocycles. The molecular formula is C10H11FN2O7S. The number of rotatable bonds is 7. The molecule has 9 nitrogen and oxygen atoms in total. The van der Waals surface area contributed by atoms with Crippen LogP contribution in [0, 0.1) is 15.9 Å². The maximum Gasteiger partial charge on any atom is 0.321 e. The van der Waals surface area contributed by atoms with Crippen molar-refractivity contribution in [1.29, 1.82) is 0 Å². The zero-order valence-electron chi connectivity index (χ0n) is 10.4. The van der Waals surface area contributed by atoms with Crippen LogP contribution >= 0.6 is 0 Å². The normalized spacial score (nSPS) is 12.9. The molecule has 0 spiro atoms. The number of carbonyl (C=O) groups is 1. The number of aliphatic carboxylic acids is 1. The molecule has 1 atom stereocenters. The number of hydrogen-bond donors (Lipinski definition) is 3. The molecule has 0 unspecified atom stereocenters. The Labute approximate surface area is 118 Å². The number of hydrogen-bond acceptors (Lipinski definition) is 6. The average Bonchev–Trinajstić information content (AvgIpc) is 2.37. The fourth-order valence-corrected chi connectivity index (χ4v) is 2.75. The van der Waals surface area contributed by atoms with Gasteiger partial charge in [0.25, 0.3) is 5.69 Å². The number of sulfonamides is 1. The highest BCUT2D eigenvalue weighted by Gasteiger charge is 2.28. The molecule has 21 heavy (non-hydrogen) atoms. The van der Waals surface area contributed by atoms with Gasteiger partial charge in [-0.3, -0.25) is 14.9 Å². The highest BCUT2D eigenvalue weighted by atomic mass is 32.2. The van der Waals surface area contributed by atoms with Gasteiger partial charge in [0, 0.05) is 18.7 Å². The fraction of sp³-hybridized carbons (Fsp3) is 0.300. The summed E-state index contributed by atoms with van der Waals surface area (Å²) in [7, 11) is -4.63. The van der Waals surface area contributed by atoms with Crippen LogP contribution in [0.3, 0.4) is 0 Å². The molecule has 116 valence electrons. The van der Waals surface area contributed by atoms with Gasteiger partial charge in [-0.1, -0.05) is 0 Å². The highest BCUT2D eigenvalue weighted by molar-refractivity contribution is 7.89. The molecule has 0 bridgehead atoms. The van der Waals surface area contributed by atoms with Crippen molar-refractivity contribution in [3.63, 3.8) is 0 Å². The summed E-state index contributed by atoms with van der Waals surface area (Å²) in [6, 6.07) is 0.166. The van der Waals surface area contributed by atoms with E-state index < -0.39 is 56.4 Å². The third-order valence-corrected chi connectivity index (χ3v) is 3.92. The zero-order chi connectivity index (χ0) is 16.2. The molecule has 1 rings (SSSR count). The summed E-state index contributed by atoms with van der Waals surface area (Å²) in [5, 5.41) is 28.0. The van der Waals surface area contributed by atoms with Gasteiger partial charge in [-0.25, -0.2) is 12.8 Å². The minimum atomic E-state index is -4.63. The monoisotopic (exact) mass is 322 g/mol. The van der Waals surface area contributed by atoms with E-state index in [2.05, 4.69) is 0 Å². The van der Waals surface area contributed by atoms with Crippen LogP contribution in [0.25, 0.3) is 0 Å². The van der Waals surface area contributed by atoms with E-state index in [0.29, 0.717) is 12.1 Å². The van der Waals surface area contributed by atoms with Gasteiger partial charge < -0.3 is 10.2 Å². The molecule has 0 fully saturated rings. The second-order valence-corrected chi connectivity index (χ2v) is 5.58. The summed E-state index contributed by atoms with van der Waals surface area (Å²) in [5.41, 5.74) is -0.661. The lowest BCUT2D eigenvalue weighted by atomic mass is 10.2. The molecule has 0 saturated carbocycles. The Kier molecular flexibility index (Phi) is 5.29. The molecule has 3 N–H and O–H groups in total. The van der Waals surface area contributed by atoms with Crippen molar-refractivity contribution in [2.24, 2.45) is 0 Å². The Hall–Kier alpha value is -2.11. The number of benzene rings is 1. The third-order valence-electron chi connectivity index (χ3n) is 2.43. The van der Waals surface area contributed by atoms with Crippen molar-refractivity contribution in [2.45, 2.75) is 17.4 Å². The first-order chi connectivity index (χ1) is 9.69. The van der Waals surface area contributed by atoms with Crippen LogP contribution in [0.1, 0.15) is 6.42 Å². The standard InChI is InChI=1S/C10H11FN2O7S/c11-7-2-1-6(13(17)18)5-9(7)21(19,20)12-8(3-4-14)10(15)16/h1-2,5,8,12,14H,3-4H2,(H,15,16)/t8-/m1/s1. The number of nitro benzene ring substituents is 1. The van der Waals surface area contributed by atoms with Crippen molar-refractivity contribution < 1.29 is 32.7 Å². The van der Waals surface area contributed by atoms with Crippen LogP contribution < -0.4 is 4.72 Å². The smallest absolute Gasteiger partial charge is 0.321 e. The van der Waals surface area contributed by atoms with Crippen molar-refractivity contribution in [3.05, 3.63) is 34.1 Å². The Balaban J connectivity index is 3.21. The van der Waals surface area contributed by atoms with E-state index >= 15 is 0 Å². The summed E-state index contributed by atoms with van der Waals surface area (Å²) in [6.45, 7) is -0.614. The molecule has 0 aliphatic rings. The highest BCUT2D eigenvalue weighted by Crippen LogP contribution is 2.21. The molecule has 0 radical (unpaired) electrons. The third kappa shape index (κ3) is 4.18. The molecule has 1 aromatic rings. The fourth-order valence-electron chi connectivity index (χ4n) is 1.42. The number of nitrogens with one attached hydrogen (secondary N) is 1. The van der Waals surface area contributed by atoms with Gasteiger partial charge in [0.1, 0.15) is 16.8 Å². The second-order valence-electron chi connectivity index (χ2n) is 3.90. The maximum absolute atomic E-state index is 13.5. The van der Waals surface area contributed by atoms with Crippen LogP contribution in [-0.4, -0.2) is 42.2 Å². The molecule has 0 aromatic heterocycles. The lowest BCUT2D eigenvalue weighted by molar-refractivity contribution is -0.385. The van der Waals surface area contributed by atoms with E-state index in [1.165, 1.54) is 0 Å². The first-order valence-corrected chi connectivity index (χ1v) is 6.97. The number of carboxylic acid groups (broad SMARTS) is 1. The molecule has 0 amide bonds. The van der Waals surface area contributed by atoms with Crippen molar-refractivity contribution in [3.8, 4) is 0 Å². The minimum absolute atomic E-state index is 0.439. The number of nitrogens with zero attached hydrogens (tertiary/aromatic N) is 1. The van der Waals surface area contributed by atoms with Gasteiger partial charge >= 0.3 is 5.97 Å². The Morgan fingerprint density at radius 2 is 2.10 bits per heavy atom. The summed E-state index contributed by atoms with van der Waals surface area (Å²) in [6.07, 6.45) is -0.439. The van der Waals surface area contributed by atoms with E-state index in [4.69, 9.17) is 10.2 Å². The lowest BCUT2D eigenvalue weighted by Crippen LogP contribution is -2.41. The average molecular weight is 322 g/mol. The van der Waals surface area contributed by atoms with Crippen LogP contribution in [0.15, 0.2) is 23.1 Å². The number of aliphatic hydroxyl groups excluding tert-OH is 1. The molecule has 1 aromatic carbocycles. The van der Waals surface area contributed by atoms with E-state index in [0.717, 1.165) is 6.07 Å². The molecule has 0 saturated heterocycles. The predicted octanol–water partition coefficient (Wildman–Crippen LogP) is -0.152. The van der Waals surface area contributed by atoms with Gasteiger partial charge in [0.05, 0.1) is 4.92 Å². The Morgan fingerprint density at radius 1 is 1.48 bits per heavy atom. The molecule has 11 heteroatoms. The predicted molar refractivity (Wildman–Crippen MR) is 66.5 cm³/mol. The number of carboxylic acids is 1. The molecule has 0 aliphatic heterocycles. The summed E-state index contributed by atoms with van der Waals surface area (Å²) in [4.78, 5) is 19.4. The van der Waals surface area contributed by atoms with E-state index in [1.807, 2.05) is 0 Å². The Morgan fingerprint density at radius 3 is 2.57 bits per heavy atom. The minimum Gasteiger partial charge on any atom is -0.480 e. The van der Waals surface area contributed by atoms with Crippen LogP contribution in [0.5, 0.6) is 0 Å². The van der Waals surface area contributed by atoms with Crippen LogP contribution in [-0.2, 0) is 14.8 Å². The first kappa shape index (κ1) is 16.9. The van der Waals surface area contributed by atoms with Gasteiger partial charge in [0.2, 0.25) is 10.0 Å². The van der Waals surface area contributed by atoms with Gasteiger partial charge in [-0.15, -0.1) is 0 Å². The maximum atomic E-state index is 13.5. The largest absolute Gasteiger partial charge is 0.480 e. The summed E-state index contributed by atoms with van der Waals surface area (Å²) in [5.74, 6) is -2.83. The quantitative estimate of drug-likeness (QED) is 0.467. The lowest BCUT2D eigenvalue weighted by Gasteiger charge is -2.13. The van der Waals surface area contributed by atoms with E-state index in [9.17, 15) is 27.7 Å². The summed E-state index contributed by atoms with van der Waals surface area (Å²) < 4.78 is 39.0. The van der Waals surface area contributed by atoms with Gasteiger partial charge in [-0.05, 0) is 12.5 Å². The number of non-ortho nitro benzene ring substituents is 1. The molecule has 0 heterocycles. The topological polar surface area (TPSA) is 147 Å². The Bertz CT molecular complexity index is 661. The summed E-state index contributed by atoms with van der Waals surface area (Å²) >= 11 is 0. The number of nitro groups is 1. The number of halogens is 1. The second kappa shape index (κ2) is 6.56. The van der Waals surface area contributed by atoms with Crippen LogP contribution in [0.4, 0.5) is 10.1 Å². The van der Waals surface area contributed by atoms with Gasteiger partial charge in [-0.2, -0.15) is 4.72 Å². The van der Waals surface area contributed by atoms with Gasteiger partial charge in [0.15, 0.2) is 0 Å². The van der Waals surface area contributed by atoms with Crippen LogP contribution in [0.2, 0.25) is 0 Å². The zero-order valence-corrected chi connectivity index (χ0v) is 11.2. The SMILES string of the molecule is O=C(O)[C@@H](CCO)NS(=O)(=O)c1cc([N+](=O)[O-])ccc1F. The van der Waals surface area contributed by atoms with E-state index in [1.54, 1.807) is 4.72 Å². The van der Waals surface area contributed by atoms with Crippen molar-refractivity contribution >= 4 is 21.7 Å². The molecular weight excluding hydrogens is 311 g/mol. The first-order valence-electron chi connectivity index (χ1n) is 5.49.